The molecule has 1 aromatic rings. The lowest BCUT2D eigenvalue weighted by atomic mass is 10.1. The number of piperidine rings is 1. The van der Waals surface area contributed by atoms with Crippen molar-refractivity contribution >= 4 is 28.3 Å². The lowest BCUT2D eigenvalue weighted by molar-refractivity contribution is 0.253. The van der Waals surface area contributed by atoms with Crippen molar-refractivity contribution in [3.05, 3.63) is 12.4 Å². The highest BCUT2D eigenvalue weighted by atomic mass is 35.5. The van der Waals surface area contributed by atoms with E-state index in [0.29, 0.717) is 18.3 Å². The van der Waals surface area contributed by atoms with Gasteiger partial charge in [0, 0.05) is 12.7 Å². The second-order valence-electron chi connectivity index (χ2n) is 5.81. The predicted octanol–water partition coefficient (Wildman–Crippen LogP) is 0.744. The summed E-state index contributed by atoms with van der Waals surface area (Å²) in [6, 6.07) is 0.320. The third kappa shape index (κ3) is 3.68. The molecule has 3 rings (SSSR count). The maximum absolute atomic E-state index is 12.0. The molecule has 2 heterocycles. The minimum Gasteiger partial charge on any atom is -0.304 e. The van der Waals surface area contributed by atoms with Crippen LogP contribution in [0.4, 0.5) is 5.69 Å². The molecule has 1 aromatic heterocycles. The van der Waals surface area contributed by atoms with Gasteiger partial charge < -0.3 is 4.90 Å². The van der Waals surface area contributed by atoms with Crippen molar-refractivity contribution in [2.24, 2.45) is 5.14 Å². The lowest BCUT2D eigenvalue weighted by Crippen LogP contribution is -2.51. The summed E-state index contributed by atoms with van der Waals surface area (Å²) in [4.78, 5) is 2.14. The number of nitrogens with zero attached hydrogens (tertiary/aromatic N) is 4. The van der Waals surface area contributed by atoms with Crippen molar-refractivity contribution in [2.45, 2.75) is 37.8 Å². The molecule has 0 aromatic carbocycles. The molecule has 1 atom stereocenters. The number of anilines is 1. The van der Waals surface area contributed by atoms with E-state index in [9.17, 15) is 8.42 Å². The Morgan fingerprint density at radius 2 is 2.10 bits per heavy atom. The highest BCUT2D eigenvalue weighted by Gasteiger charge is 2.32. The highest BCUT2D eigenvalue weighted by Crippen LogP contribution is 2.35. The Morgan fingerprint density at radius 1 is 1.38 bits per heavy atom. The Hall–Kier alpha value is -0.830. The van der Waals surface area contributed by atoms with Crippen LogP contribution < -0.4 is 9.44 Å². The topological polar surface area (TPSA) is 84.5 Å². The number of aromatic nitrogens is 2. The largest absolute Gasteiger partial charge is 0.304 e. The zero-order chi connectivity index (χ0) is 14.3. The summed E-state index contributed by atoms with van der Waals surface area (Å²) < 4.78 is 27.2. The molecule has 1 saturated heterocycles. The highest BCUT2D eigenvalue weighted by molar-refractivity contribution is 7.90. The van der Waals surface area contributed by atoms with Gasteiger partial charge in [-0.2, -0.15) is 13.5 Å². The summed E-state index contributed by atoms with van der Waals surface area (Å²) in [5.74, 6) is 0. The van der Waals surface area contributed by atoms with Crippen LogP contribution in [0.2, 0.25) is 0 Å². The number of likely N-dealkylation sites (N-methyl/N-ethyl adjacent to an activating group) is 1. The summed E-state index contributed by atoms with van der Waals surface area (Å²) in [7, 11) is -1.78. The van der Waals surface area contributed by atoms with Crippen LogP contribution in [0.1, 0.15) is 31.7 Å². The molecule has 2 aliphatic rings. The molecule has 1 saturated carbocycles. The zero-order valence-electron chi connectivity index (χ0n) is 12.1. The van der Waals surface area contributed by atoms with Crippen LogP contribution in [0.25, 0.3) is 0 Å². The third-order valence-electron chi connectivity index (χ3n) is 3.97. The fraction of sp³-hybridized carbons (Fsp3) is 0.750. The molecule has 21 heavy (non-hydrogen) atoms. The number of hydrogen-bond acceptors (Lipinski definition) is 4. The predicted molar refractivity (Wildman–Crippen MR) is 83.9 cm³/mol. The van der Waals surface area contributed by atoms with Crippen molar-refractivity contribution in [3.63, 3.8) is 0 Å². The minimum atomic E-state index is -3.78. The van der Waals surface area contributed by atoms with Crippen LogP contribution in [0.5, 0.6) is 0 Å². The van der Waals surface area contributed by atoms with Crippen molar-refractivity contribution < 1.29 is 8.42 Å². The molecule has 0 amide bonds. The van der Waals surface area contributed by atoms with Crippen molar-refractivity contribution in [1.82, 2.24) is 14.7 Å². The van der Waals surface area contributed by atoms with E-state index in [1.54, 1.807) is 12.4 Å². The average Bonchev–Trinajstić information content (AvgIpc) is 3.09. The number of halogens is 1. The van der Waals surface area contributed by atoms with E-state index >= 15 is 0 Å². The van der Waals surface area contributed by atoms with E-state index in [0.717, 1.165) is 32.2 Å². The van der Waals surface area contributed by atoms with Gasteiger partial charge in [0.05, 0.1) is 24.0 Å². The fourth-order valence-electron chi connectivity index (χ4n) is 2.88. The Labute approximate surface area is 131 Å². The fourth-order valence-corrected chi connectivity index (χ4v) is 3.85. The zero-order valence-corrected chi connectivity index (χ0v) is 13.7. The summed E-state index contributed by atoms with van der Waals surface area (Å²) >= 11 is 0. The standard InChI is InChI=1S/C12H21N5O2S.ClH/c1-15-6-2-3-11(8-15)17(20(13,18)19)12-7-14-16(9-12)10-4-5-10;/h7,9-11H,2-6,8H2,1H3,(H2,13,18,19);1H/t11-;/m1./s1. The number of hydrogen-bond donors (Lipinski definition) is 1. The van der Waals surface area contributed by atoms with Gasteiger partial charge in [-0.25, -0.2) is 5.14 Å². The average molecular weight is 336 g/mol. The molecule has 7 nitrogen and oxygen atoms in total. The number of rotatable bonds is 4. The molecule has 2 N–H and O–H groups in total. The second-order valence-corrected chi connectivity index (χ2v) is 7.23. The first-order valence-corrected chi connectivity index (χ1v) is 8.50. The molecular formula is C12H22ClN5O2S. The van der Waals surface area contributed by atoms with Crippen molar-refractivity contribution in [3.8, 4) is 0 Å². The van der Waals surface area contributed by atoms with Crippen LogP contribution in [-0.2, 0) is 10.2 Å². The quantitative estimate of drug-likeness (QED) is 0.879. The summed E-state index contributed by atoms with van der Waals surface area (Å²) in [6.07, 6.45) is 7.44. The minimum absolute atomic E-state index is 0. The van der Waals surface area contributed by atoms with E-state index in [4.69, 9.17) is 5.14 Å². The van der Waals surface area contributed by atoms with Gasteiger partial charge in [-0.1, -0.05) is 0 Å². The van der Waals surface area contributed by atoms with E-state index in [1.807, 2.05) is 11.7 Å². The van der Waals surface area contributed by atoms with Crippen LogP contribution in [0, 0.1) is 0 Å². The number of nitrogens with two attached hydrogens (primary N) is 1. The van der Waals surface area contributed by atoms with Gasteiger partial charge in [0.2, 0.25) is 0 Å². The van der Waals surface area contributed by atoms with E-state index < -0.39 is 10.2 Å². The van der Waals surface area contributed by atoms with E-state index in [2.05, 4.69) is 10.00 Å². The Kier molecular flexibility index (Phi) is 4.82. The summed E-state index contributed by atoms with van der Waals surface area (Å²) in [5.41, 5.74) is 0.583. The maximum Gasteiger partial charge on any atom is 0.299 e. The van der Waals surface area contributed by atoms with Gasteiger partial charge in [-0.05, 0) is 39.3 Å². The first kappa shape index (κ1) is 16.5. The molecule has 1 aliphatic heterocycles. The lowest BCUT2D eigenvalue weighted by Gasteiger charge is -2.36. The van der Waals surface area contributed by atoms with Gasteiger partial charge >= 0.3 is 0 Å². The maximum atomic E-state index is 12.0. The number of likely N-dealkylation sites (tertiary alicyclic amines) is 1. The molecular weight excluding hydrogens is 314 g/mol. The SMILES string of the molecule is CN1CCC[C@@H](N(c2cnn(C3CC3)c2)S(N)(=O)=O)C1.Cl. The smallest absolute Gasteiger partial charge is 0.299 e. The van der Waals surface area contributed by atoms with Gasteiger partial charge in [0.15, 0.2) is 0 Å². The normalized spacial score (nSPS) is 23.6. The first-order valence-electron chi connectivity index (χ1n) is 7.00. The first-order chi connectivity index (χ1) is 9.45. The Morgan fingerprint density at radius 3 is 2.67 bits per heavy atom. The van der Waals surface area contributed by atoms with Gasteiger partial charge in [-0.3, -0.25) is 8.99 Å². The van der Waals surface area contributed by atoms with Crippen LogP contribution in [-0.4, -0.2) is 49.3 Å². The van der Waals surface area contributed by atoms with Gasteiger partial charge in [0.25, 0.3) is 10.2 Å². The van der Waals surface area contributed by atoms with E-state index in [1.165, 1.54) is 4.31 Å². The molecule has 0 bridgehead atoms. The molecule has 9 heteroatoms. The van der Waals surface area contributed by atoms with Crippen molar-refractivity contribution in [1.29, 1.82) is 0 Å². The van der Waals surface area contributed by atoms with Crippen molar-refractivity contribution in [2.75, 3.05) is 24.4 Å². The summed E-state index contributed by atoms with van der Waals surface area (Å²) in [6.45, 7) is 1.70. The Balaban J connectivity index is 0.00000161. The van der Waals surface area contributed by atoms with Gasteiger partial charge in [-0.15, -0.1) is 12.4 Å². The molecule has 120 valence electrons. The second kappa shape index (κ2) is 6.12. The molecule has 0 radical (unpaired) electrons. The Bertz CT molecular complexity index is 586. The summed E-state index contributed by atoms with van der Waals surface area (Å²) in [5, 5.41) is 9.70. The molecule has 0 unspecified atom stereocenters. The molecule has 0 spiro atoms. The third-order valence-corrected chi connectivity index (χ3v) is 5.03. The molecule has 2 fully saturated rings. The van der Waals surface area contributed by atoms with Crippen LogP contribution >= 0.6 is 12.4 Å². The van der Waals surface area contributed by atoms with Crippen LogP contribution in [0.15, 0.2) is 12.4 Å². The van der Waals surface area contributed by atoms with E-state index in [-0.39, 0.29) is 18.4 Å². The van der Waals surface area contributed by atoms with Gasteiger partial charge in [0.1, 0.15) is 0 Å². The van der Waals surface area contributed by atoms with Crippen LogP contribution in [0.3, 0.4) is 0 Å². The molecule has 1 aliphatic carbocycles. The monoisotopic (exact) mass is 335 g/mol.